The van der Waals surface area contributed by atoms with Crippen LogP contribution in [-0.4, -0.2) is 37.2 Å². The van der Waals surface area contributed by atoms with E-state index < -0.39 is 0 Å². The molecule has 7 heteroatoms. The van der Waals surface area contributed by atoms with E-state index in [1.54, 1.807) is 45.7 Å². The molecule has 0 fully saturated rings. The second-order valence-corrected chi connectivity index (χ2v) is 5.44. The fraction of sp³-hybridized carbons (Fsp3) is 0.211. The van der Waals surface area contributed by atoms with Gasteiger partial charge < -0.3 is 19.5 Å². The number of amides is 1. The maximum atomic E-state index is 12.5. The molecule has 0 aliphatic carbocycles. The van der Waals surface area contributed by atoms with Gasteiger partial charge in [0.05, 0.1) is 33.4 Å². The first-order valence-electron chi connectivity index (χ1n) is 7.95. The number of hydrogen-bond acceptors (Lipinski definition) is 6. The number of rotatable bonds is 6. The minimum absolute atomic E-state index is 0.219. The minimum atomic E-state index is -0.308. The molecule has 0 saturated heterocycles. The lowest BCUT2D eigenvalue weighted by atomic mass is 10.1. The Hall–Kier alpha value is -3.35. The summed E-state index contributed by atoms with van der Waals surface area (Å²) in [5.74, 6) is 1.43. The topological polar surface area (TPSA) is 82.6 Å². The molecule has 0 saturated carbocycles. The summed E-state index contributed by atoms with van der Waals surface area (Å²) in [5.41, 5.74) is 1.53. The minimum Gasteiger partial charge on any atom is -0.496 e. The zero-order chi connectivity index (χ0) is 18.5. The Morgan fingerprint density at radius 1 is 1.04 bits per heavy atom. The zero-order valence-corrected chi connectivity index (χ0v) is 14.8. The lowest BCUT2D eigenvalue weighted by molar-refractivity contribution is 0.0946. The van der Waals surface area contributed by atoms with Crippen LogP contribution in [0.4, 0.5) is 0 Å². The number of fused-ring (bicyclic) bond motifs is 1. The molecule has 0 radical (unpaired) electrons. The molecule has 2 aromatic heterocycles. The van der Waals surface area contributed by atoms with E-state index in [9.17, 15) is 4.79 Å². The van der Waals surface area contributed by atoms with Gasteiger partial charge in [0.1, 0.15) is 22.9 Å². The van der Waals surface area contributed by atoms with Crippen molar-refractivity contribution < 1.29 is 19.0 Å². The van der Waals surface area contributed by atoms with E-state index in [4.69, 9.17) is 14.2 Å². The monoisotopic (exact) mass is 353 g/mol. The number of ether oxygens (including phenoxy) is 3. The van der Waals surface area contributed by atoms with Crippen LogP contribution in [0.2, 0.25) is 0 Å². The van der Waals surface area contributed by atoms with E-state index >= 15 is 0 Å². The fourth-order valence-electron chi connectivity index (χ4n) is 2.59. The van der Waals surface area contributed by atoms with Crippen molar-refractivity contribution >= 4 is 16.9 Å². The largest absolute Gasteiger partial charge is 0.496 e. The summed E-state index contributed by atoms with van der Waals surface area (Å²) >= 11 is 0. The summed E-state index contributed by atoms with van der Waals surface area (Å²) in [6.45, 7) is 0.219. The average Bonchev–Trinajstić information content (AvgIpc) is 2.70. The van der Waals surface area contributed by atoms with Gasteiger partial charge in [-0.05, 0) is 24.3 Å². The molecule has 0 atom stereocenters. The number of carbonyl (C=O) groups excluding carboxylic acids is 1. The first-order valence-corrected chi connectivity index (χ1v) is 7.95. The summed E-state index contributed by atoms with van der Waals surface area (Å²) in [4.78, 5) is 20.9. The van der Waals surface area contributed by atoms with E-state index in [0.717, 1.165) is 5.39 Å². The Morgan fingerprint density at radius 2 is 1.77 bits per heavy atom. The number of benzene rings is 1. The Bertz CT molecular complexity index is 918. The molecule has 7 nitrogen and oxygen atoms in total. The van der Waals surface area contributed by atoms with E-state index in [-0.39, 0.29) is 12.5 Å². The predicted octanol–water partition coefficient (Wildman–Crippen LogP) is 2.59. The van der Waals surface area contributed by atoms with Gasteiger partial charge in [-0.2, -0.15) is 0 Å². The van der Waals surface area contributed by atoms with Crippen molar-refractivity contribution in [3.63, 3.8) is 0 Å². The van der Waals surface area contributed by atoms with Crippen molar-refractivity contribution in [1.29, 1.82) is 0 Å². The van der Waals surface area contributed by atoms with Crippen molar-refractivity contribution in [2.45, 2.75) is 6.54 Å². The molecule has 0 aliphatic heterocycles. The summed E-state index contributed by atoms with van der Waals surface area (Å²) in [7, 11) is 4.67. The Labute approximate surface area is 150 Å². The molecule has 2 heterocycles. The van der Waals surface area contributed by atoms with Gasteiger partial charge >= 0.3 is 0 Å². The molecule has 0 unspecified atom stereocenters. The van der Waals surface area contributed by atoms with Crippen molar-refractivity contribution in [3.8, 4) is 17.2 Å². The van der Waals surface area contributed by atoms with E-state index in [0.29, 0.717) is 34.2 Å². The number of carbonyl (C=O) groups is 1. The lowest BCUT2D eigenvalue weighted by Crippen LogP contribution is -2.24. The van der Waals surface area contributed by atoms with Crippen LogP contribution in [0.25, 0.3) is 11.0 Å². The van der Waals surface area contributed by atoms with Gasteiger partial charge in [0, 0.05) is 23.7 Å². The highest BCUT2D eigenvalue weighted by atomic mass is 16.5. The Morgan fingerprint density at radius 3 is 2.42 bits per heavy atom. The molecule has 3 rings (SSSR count). The maximum Gasteiger partial charge on any atom is 0.270 e. The molecule has 26 heavy (non-hydrogen) atoms. The second-order valence-electron chi connectivity index (χ2n) is 5.44. The molecule has 0 bridgehead atoms. The van der Waals surface area contributed by atoms with E-state index in [2.05, 4.69) is 15.3 Å². The summed E-state index contributed by atoms with van der Waals surface area (Å²) < 4.78 is 16.0. The van der Waals surface area contributed by atoms with E-state index in [1.807, 2.05) is 18.2 Å². The number of hydrogen-bond donors (Lipinski definition) is 1. The van der Waals surface area contributed by atoms with Crippen LogP contribution in [-0.2, 0) is 6.54 Å². The van der Waals surface area contributed by atoms with Gasteiger partial charge in [-0.15, -0.1) is 0 Å². The van der Waals surface area contributed by atoms with Crippen LogP contribution in [0, 0.1) is 0 Å². The lowest BCUT2D eigenvalue weighted by Gasteiger charge is -2.15. The van der Waals surface area contributed by atoms with Gasteiger partial charge in [0.2, 0.25) is 0 Å². The van der Waals surface area contributed by atoms with Crippen LogP contribution < -0.4 is 19.5 Å². The number of nitrogens with one attached hydrogen (secondary N) is 1. The highest BCUT2D eigenvalue weighted by Crippen LogP contribution is 2.33. The third-order valence-electron chi connectivity index (χ3n) is 3.94. The highest BCUT2D eigenvalue weighted by Gasteiger charge is 2.15. The van der Waals surface area contributed by atoms with Crippen molar-refractivity contribution in [2.24, 2.45) is 0 Å². The summed E-state index contributed by atoms with van der Waals surface area (Å²) in [5, 5.41) is 3.71. The number of pyridine rings is 2. The van der Waals surface area contributed by atoms with Crippen LogP contribution in [0.1, 0.15) is 16.1 Å². The molecular weight excluding hydrogens is 334 g/mol. The molecule has 3 aromatic rings. The number of nitrogens with zero attached hydrogens (tertiary/aromatic N) is 2. The SMILES string of the molecule is COc1cc(OC)c(CNC(=O)c2ccc3cccnc3n2)c(OC)c1. The summed E-state index contributed by atoms with van der Waals surface area (Å²) in [6, 6.07) is 10.7. The molecule has 1 N–H and O–H groups in total. The number of methoxy groups -OCH3 is 3. The quantitative estimate of drug-likeness (QED) is 0.733. The molecular formula is C19H19N3O4. The zero-order valence-electron chi connectivity index (χ0n) is 14.8. The van der Waals surface area contributed by atoms with E-state index in [1.165, 1.54) is 0 Å². The first-order chi connectivity index (χ1) is 12.7. The first kappa shape index (κ1) is 17.5. The smallest absolute Gasteiger partial charge is 0.270 e. The normalized spacial score (nSPS) is 10.4. The van der Waals surface area contributed by atoms with Crippen molar-refractivity contribution in [3.05, 3.63) is 53.9 Å². The molecule has 134 valence electrons. The van der Waals surface area contributed by atoms with Gasteiger partial charge in [-0.1, -0.05) is 0 Å². The van der Waals surface area contributed by atoms with Gasteiger partial charge in [-0.3, -0.25) is 4.79 Å². The van der Waals surface area contributed by atoms with Gasteiger partial charge in [0.25, 0.3) is 5.91 Å². The molecule has 1 amide bonds. The van der Waals surface area contributed by atoms with Crippen LogP contribution >= 0.6 is 0 Å². The van der Waals surface area contributed by atoms with Crippen molar-refractivity contribution in [2.75, 3.05) is 21.3 Å². The molecule has 0 spiro atoms. The third-order valence-corrected chi connectivity index (χ3v) is 3.94. The standard InChI is InChI=1S/C19H19N3O4/c1-24-13-9-16(25-2)14(17(10-13)26-3)11-21-19(23)15-7-6-12-5-4-8-20-18(12)22-15/h4-10H,11H2,1-3H3,(H,21,23). The van der Waals surface area contributed by atoms with Crippen LogP contribution in [0.15, 0.2) is 42.6 Å². The van der Waals surface area contributed by atoms with Crippen LogP contribution in [0.3, 0.4) is 0 Å². The third kappa shape index (κ3) is 3.51. The average molecular weight is 353 g/mol. The van der Waals surface area contributed by atoms with Gasteiger partial charge in [0.15, 0.2) is 5.65 Å². The summed E-state index contributed by atoms with van der Waals surface area (Å²) in [6.07, 6.45) is 1.64. The maximum absolute atomic E-state index is 12.5. The molecule has 0 aliphatic rings. The van der Waals surface area contributed by atoms with Gasteiger partial charge in [-0.25, -0.2) is 9.97 Å². The predicted molar refractivity (Wildman–Crippen MR) is 96.8 cm³/mol. The second kappa shape index (κ2) is 7.69. The Kier molecular flexibility index (Phi) is 5.17. The van der Waals surface area contributed by atoms with Crippen LogP contribution in [0.5, 0.6) is 17.2 Å². The fourth-order valence-corrected chi connectivity index (χ4v) is 2.59. The molecule has 1 aromatic carbocycles. The van der Waals surface area contributed by atoms with Crippen molar-refractivity contribution in [1.82, 2.24) is 15.3 Å². The Balaban J connectivity index is 1.82. The number of aromatic nitrogens is 2. The highest BCUT2D eigenvalue weighted by molar-refractivity contribution is 5.94.